The smallest absolute Gasteiger partial charge is 0.339 e. The second kappa shape index (κ2) is 7.06. The number of benzene rings is 1. The van der Waals surface area contributed by atoms with Gasteiger partial charge in [-0.05, 0) is 24.6 Å². The Hall–Kier alpha value is -3.23. The summed E-state index contributed by atoms with van der Waals surface area (Å²) in [6, 6.07) is 6.80. The Kier molecular flexibility index (Phi) is 4.58. The molecule has 1 aliphatic rings. The Morgan fingerprint density at radius 3 is 2.93 bits per heavy atom. The minimum absolute atomic E-state index is 0.266. The number of aryl methyl sites for hydroxylation is 1. The number of carbonyl (C=O) groups excluding carboxylic acids is 1. The molecule has 9 heteroatoms. The third-order valence-electron chi connectivity index (χ3n) is 4.77. The van der Waals surface area contributed by atoms with Gasteiger partial charge in [0.15, 0.2) is 0 Å². The molecule has 28 heavy (non-hydrogen) atoms. The van der Waals surface area contributed by atoms with Crippen LogP contribution in [-0.2, 0) is 24.2 Å². The van der Waals surface area contributed by atoms with Crippen LogP contribution in [0.1, 0.15) is 22.6 Å². The molecule has 0 saturated heterocycles. The van der Waals surface area contributed by atoms with Crippen LogP contribution in [0.3, 0.4) is 0 Å². The zero-order valence-corrected chi connectivity index (χ0v) is 15.2. The van der Waals surface area contributed by atoms with Gasteiger partial charge in [-0.25, -0.2) is 18.6 Å². The number of rotatable bonds is 5. The van der Waals surface area contributed by atoms with E-state index in [9.17, 15) is 13.6 Å². The fourth-order valence-electron chi connectivity index (χ4n) is 3.52. The number of fused-ring (bicyclic) bond motifs is 1. The van der Waals surface area contributed by atoms with Crippen LogP contribution in [-0.4, -0.2) is 38.8 Å². The third kappa shape index (κ3) is 3.12. The molecule has 0 aliphatic carbocycles. The summed E-state index contributed by atoms with van der Waals surface area (Å²) in [5.74, 6) is 0.383. The van der Waals surface area contributed by atoms with Crippen LogP contribution in [0.4, 0.5) is 14.5 Å². The lowest BCUT2D eigenvalue weighted by Crippen LogP contribution is -2.07. The van der Waals surface area contributed by atoms with Gasteiger partial charge in [-0.15, -0.1) is 0 Å². The van der Waals surface area contributed by atoms with Gasteiger partial charge in [0.1, 0.15) is 23.8 Å². The van der Waals surface area contributed by atoms with E-state index in [4.69, 9.17) is 15.5 Å². The number of nitrogens with two attached hydrogens (primary N) is 1. The number of methoxy groups -OCH3 is 1. The lowest BCUT2D eigenvalue weighted by Gasteiger charge is -2.10. The zero-order valence-electron chi connectivity index (χ0n) is 15.2. The van der Waals surface area contributed by atoms with Crippen molar-refractivity contribution in [2.75, 3.05) is 12.8 Å². The Morgan fingerprint density at radius 2 is 2.18 bits per heavy atom. The van der Waals surface area contributed by atoms with E-state index in [0.29, 0.717) is 17.1 Å². The minimum Gasteiger partial charge on any atom is -0.465 e. The van der Waals surface area contributed by atoms with E-state index in [-0.39, 0.29) is 5.56 Å². The molecule has 0 fully saturated rings. The van der Waals surface area contributed by atoms with Crippen molar-refractivity contribution in [2.24, 2.45) is 0 Å². The largest absolute Gasteiger partial charge is 0.465 e. The van der Waals surface area contributed by atoms with Gasteiger partial charge in [-0.3, -0.25) is 4.68 Å². The number of alkyl halides is 2. The van der Waals surface area contributed by atoms with Crippen LogP contribution < -0.4 is 5.73 Å². The van der Waals surface area contributed by atoms with Crippen molar-refractivity contribution in [1.82, 2.24) is 19.3 Å². The number of imidazole rings is 1. The number of halogens is 2. The second-order valence-electron chi connectivity index (χ2n) is 6.59. The summed E-state index contributed by atoms with van der Waals surface area (Å²) < 4.78 is 33.4. The molecule has 3 heterocycles. The van der Waals surface area contributed by atoms with Gasteiger partial charge < -0.3 is 15.0 Å². The van der Waals surface area contributed by atoms with Crippen molar-refractivity contribution in [3.63, 3.8) is 0 Å². The molecule has 146 valence electrons. The SMILES string of the molecule is COC(=O)c1cc(-c2c(-c3ccn(CC(F)F)n3)nc3n2CCC3)ccc1N. The molecule has 7 nitrogen and oxygen atoms in total. The molecule has 0 spiro atoms. The Bertz CT molecular complexity index is 1040. The van der Waals surface area contributed by atoms with Gasteiger partial charge >= 0.3 is 5.97 Å². The summed E-state index contributed by atoms with van der Waals surface area (Å²) in [6.45, 7) is 0.310. The minimum atomic E-state index is -2.49. The summed E-state index contributed by atoms with van der Waals surface area (Å²) in [5, 5.41) is 4.26. The van der Waals surface area contributed by atoms with Gasteiger partial charge in [0.2, 0.25) is 0 Å². The molecule has 1 aromatic carbocycles. The van der Waals surface area contributed by atoms with Crippen molar-refractivity contribution in [1.29, 1.82) is 0 Å². The summed E-state index contributed by atoms with van der Waals surface area (Å²) in [4.78, 5) is 16.7. The fraction of sp³-hybridized carbons (Fsp3) is 0.316. The monoisotopic (exact) mass is 387 g/mol. The number of anilines is 1. The number of nitrogens with zero attached hydrogens (tertiary/aromatic N) is 4. The van der Waals surface area contributed by atoms with Crippen LogP contribution >= 0.6 is 0 Å². The number of hydrogen-bond donors (Lipinski definition) is 1. The lowest BCUT2D eigenvalue weighted by molar-refractivity contribution is 0.0602. The highest BCUT2D eigenvalue weighted by molar-refractivity contribution is 5.97. The van der Waals surface area contributed by atoms with Crippen LogP contribution in [0, 0.1) is 0 Å². The average Bonchev–Trinajstić information content (AvgIpc) is 3.36. The number of hydrogen-bond acceptors (Lipinski definition) is 5. The normalized spacial score (nSPS) is 13.1. The van der Waals surface area contributed by atoms with Crippen molar-refractivity contribution in [3.05, 3.63) is 41.9 Å². The molecule has 3 aromatic rings. The highest BCUT2D eigenvalue weighted by atomic mass is 19.3. The van der Waals surface area contributed by atoms with Gasteiger partial charge in [-0.1, -0.05) is 6.07 Å². The van der Waals surface area contributed by atoms with Crippen LogP contribution in [0.25, 0.3) is 22.6 Å². The van der Waals surface area contributed by atoms with Crippen molar-refractivity contribution in [2.45, 2.75) is 32.4 Å². The molecule has 4 rings (SSSR count). The van der Waals surface area contributed by atoms with E-state index in [0.717, 1.165) is 36.5 Å². The lowest BCUT2D eigenvalue weighted by atomic mass is 10.0. The van der Waals surface area contributed by atoms with Crippen molar-refractivity contribution < 1.29 is 18.3 Å². The highest BCUT2D eigenvalue weighted by Gasteiger charge is 2.25. The molecule has 0 atom stereocenters. The fourth-order valence-corrected chi connectivity index (χ4v) is 3.52. The quantitative estimate of drug-likeness (QED) is 0.537. The number of ether oxygens (including phenoxy) is 1. The summed E-state index contributed by atoms with van der Waals surface area (Å²) in [5.41, 5.74) is 9.15. The van der Waals surface area contributed by atoms with E-state index in [1.54, 1.807) is 18.2 Å². The predicted octanol–water partition coefficient (Wildman–Crippen LogP) is 2.99. The molecule has 0 radical (unpaired) electrons. The van der Waals surface area contributed by atoms with E-state index in [1.165, 1.54) is 18.0 Å². The highest BCUT2D eigenvalue weighted by Crippen LogP contribution is 2.36. The summed E-state index contributed by atoms with van der Waals surface area (Å²) in [6.07, 6.45) is 0.815. The number of esters is 1. The van der Waals surface area contributed by atoms with E-state index >= 15 is 0 Å². The first-order valence-electron chi connectivity index (χ1n) is 8.87. The molecule has 0 bridgehead atoms. The zero-order chi connectivity index (χ0) is 19.8. The molecule has 0 amide bonds. The molecule has 0 saturated carbocycles. The maximum Gasteiger partial charge on any atom is 0.339 e. The molecular weight excluding hydrogens is 368 g/mol. The first kappa shape index (κ1) is 18.1. The first-order chi connectivity index (χ1) is 13.5. The van der Waals surface area contributed by atoms with E-state index in [1.807, 2.05) is 6.07 Å². The van der Waals surface area contributed by atoms with Gasteiger partial charge in [0.05, 0.1) is 18.4 Å². The van der Waals surface area contributed by atoms with Crippen molar-refractivity contribution >= 4 is 11.7 Å². The Morgan fingerprint density at radius 1 is 1.36 bits per heavy atom. The van der Waals surface area contributed by atoms with Gasteiger partial charge in [-0.2, -0.15) is 5.10 Å². The van der Waals surface area contributed by atoms with E-state index < -0.39 is 18.9 Å². The number of aromatic nitrogens is 4. The van der Waals surface area contributed by atoms with Gasteiger partial charge in [0, 0.05) is 30.4 Å². The number of carbonyl (C=O) groups is 1. The average molecular weight is 387 g/mol. The molecule has 1 aliphatic heterocycles. The third-order valence-corrected chi connectivity index (χ3v) is 4.77. The van der Waals surface area contributed by atoms with Crippen LogP contribution in [0.2, 0.25) is 0 Å². The Labute approximate surface area is 159 Å². The number of nitrogen functional groups attached to an aromatic ring is 1. The van der Waals surface area contributed by atoms with E-state index in [2.05, 4.69) is 9.67 Å². The Balaban J connectivity index is 1.84. The van der Waals surface area contributed by atoms with Crippen LogP contribution in [0.15, 0.2) is 30.5 Å². The summed E-state index contributed by atoms with van der Waals surface area (Å²) >= 11 is 0. The summed E-state index contributed by atoms with van der Waals surface area (Å²) in [7, 11) is 1.30. The predicted molar refractivity (Wildman–Crippen MR) is 99.0 cm³/mol. The first-order valence-corrected chi connectivity index (χ1v) is 8.87. The molecular formula is C19H19F2N5O2. The maximum absolute atomic E-state index is 12.7. The second-order valence-corrected chi connectivity index (χ2v) is 6.59. The standard InChI is InChI=1S/C19H19F2N5O2/c1-28-19(27)12-9-11(4-5-13(12)22)18-17(23-16-3-2-7-26(16)18)14-6-8-25(24-14)10-15(20)21/h4-6,8-9,15H,2-3,7,10,22H2,1H3. The van der Waals surface area contributed by atoms with Crippen LogP contribution in [0.5, 0.6) is 0 Å². The topological polar surface area (TPSA) is 88.0 Å². The van der Waals surface area contributed by atoms with Gasteiger partial charge in [0.25, 0.3) is 6.43 Å². The molecule has 2 N–H and O–H groups in total. The molecule has 2 aromatic heterocycles. The van der Waals surface area contributed by atoms with Crippen molar-refractivity contribution in [3.8, 4) is 22.6 Å². The maximum atomic E-state index is 12.7. The molecule has 0 unspecified atom stereocenters.